The Hall–Kier alpha value is -1.99. The van der Waals surface area contributed by atoms with Crippen LogP contribution in [-0.4, -0.2) is 33.3 Å². The van der Waals surface area contributed by atoms with Crippen LogP contribution in [0.5, 0.6) is 0 Å². The van der Waals surface area contributed by atoms with Gasteiger partial charge in [-0.1, -0.05) is 6.07 Å². The van der Waals surface area contributed by atoms with Gasteiger partial charge in [0.1, 0.15) is 11.6 Å². The SMILES string of the molecule is CC1(C)OB(C(F)=C(c2ccccn2)c2ncc[nH]2)OC1(C)C. The largest absolute Gasteiger partial charge is 0.526 e. The predicted octanol–water partition coefficient (Wildman–Crippen LogP) is 3.17. The number of nitrogens with one attached hydrogen (secondary N) is 1. The first kappa shape index (κ1) is 15.9. The number of H-pyrrole nitrogens is 1. The molecule has 1 fully saturated rings. The van der Waals surface area contributed by atoms with E-state index < -0.39 is 24.0 Å². The number of pyridine rings is 1. The minimum Gasteiger partial charge on any atom is -0.398 e. The third-order valence-electron chi connectivity index (χ3n) is 4.36. The van der Waals surface area contributed by atoms with Crippen molar-refractivity contribution in [2.24, 2.45) is 0 Å². The molecule has 0 bridgehead atoms. The van der Waals surface area contributed by atoms with Gasteiger partial charge in [-0.3, -0.25) is 4.98 Å². The van der Waals surface area contributed by atoms with Crippen molar-refractivity contribution in [3.8, 4) is 0 Å². The lowest BCUT2D eigenvalue weighted by Gasteiger charge is -2.32. The smallest absolute Gasteiger partial charge is 0.398 e. The summed E-state index contributed by atoms with van der Waals surface area (Å²) in [5.74, 6) is 0.385. The van der Waals surface area contributed by atoms with Gasteiger partial charge in [0.25, 0.3) is 0 Å². The van der Waals surface area contributed by atoms with E-state index in [4.69, 9.17) is 9.31 Å². The lowest BCUT2D eigenvalue weighted by Crippen LogP contribution is -2.41. The van der Waals surface area contributed by atoms with E-state index in [1.54, 1.807) is 36.8 Å². The van der Waals surface area contributed by atoms with Crippen LogP contribution in [0.3, 0.4) is 0 Å². The standard InChI is InChI=1S/C16H19BFN3O2/c1-15(2)16(3,4)23-17(22-15)13(18)12(14-20-9-10-21-14)11-7-5-6-8-19-11/h5-10H,1-4H3,(H,20,21). The summed E-state index contributed by atoms with van der Waals surface area (Å²) in [6, 6.07) is 5.29. The van der Waals surface area contributed by atoms with Gasteiger partial charge >= 0.3 is 7.12 Å². The highest BCUT2D eigenvalue weighted by Gasteiger charge is 2.53. The van der Waals surface area contributed by atoms with Gasteiger partial charge < -0.3 is 14.3 Å². The van der Waals surface area contributed by atoms with Crippen LogP contribution in [0, 0.1) is 0 Å². The fraction of sp³-hybridized carbons (Fsp3) is 0.375. The second-order valence-corrected chi connectivity index (χ2v) is 6.46. The Morgan fingerprint density at radius 1 is 1.09 bits per heavy atom. The fourth-order valence-corrected chi connectivity index (χ4v) is 2.33. The van der Waals surface area contributed by atoms with Crippen molar-refractivity contribution in [1.82, 2.24) is 15.0 Å². The third kappa shape index (κ3) is 2.82. The molecule has 23 heavy (non-hydrogen) atoms. The van der Waals surface area contributed by atoms with Crippen LogP contribution in [-0.2, 0) is 9.31 Å². The molecule has 1 saturated heterocycles. The highest BCUT2D eigenvalue weighted by Crippen LogP contribution is 2.40. The van der Waals surface area contributed by atoms with Crippen molar-refractivity contribution >= 4 is 12.7 Å². The molecule has 0 aromatic carbocycles. The first-order chi connectivity index (χ1) is 10.8. The molecule has 0 unspecified atom stereocenters. The molecule has 2 aromatic rings. The Kier molecular flexibility index (Phi) is 3.86. The lowest BCUT2D eigenvalue weighted by atomic mass is 9.83. The number of rotatable bonds is 3. The second kappa shape index (κ2) is 5.58. The maximum Gasteiger partial charge on any atom is 0.526 e. The van der Waals surface area contributed by atoms with Gasteiger partial charge in [-0.25, -0.2) is 9.37 Å². The monoisotopic (exact) mass is 315 g/mol. The highest BCUT2D eigenvalue weighted by atomic mass is 19.1. The number of hydrogen-bond acceptors (Lipinski definition) is 4. The molecule has 1 N–H and O–H groups in total. The average molecular weight is 315 g/mol. The molecule has 7 heteroatoms. The molecule has 0 radical (unpaired) electrons. The molecule has 0 aliphatic carbocycles. The molecule has 0 atom stereocenters. The van der Waals surface area contributed by atoms with E-state index in [0.717, 1.165) is 0 Å². The minimum atomic E-state index is -1.10. The molecule has 0 saturated carbocycles. The predicted molar refractivity (Wildman–Crippen MR) is 86.0 cm³/mol. The summed E-state index contributed by atoms with van der Waals surface area (Å²) in [6.45, 7) is 7.53. The Morgan fingerprint density at radius 3 is 2.30 bits per heavy atom. The summed E-state index contributed by atoms with van der Waals surface area (Å²) >= 11 is 0. The molecule has 3 heterocycles. The third-order valence-corrected chi connectivity index (χ3v) is 4.36. The summed E-state index contributed by atoms with van der Waals surface area (Å²) in [6.07, 6.45) is 4.81. The van der Waals surface area contributed by atoms with Gasteiger partial charge in [-0.15, -0.1) is 0 Å². The Balaban J connectivity index is 2.08. The molecule has 0 spiro atoms. The Labute approximate surface area is 135 Å². The number of halogens is 1. The lowest BCUT2D eigenvalue weighted by molar-refractivity contribution is 0.00578. The van der Waals surface area contributed by atoms with E-state index in [-0.39, 0.29) is 5.57 Å². The highest BCUT2D eigenvalue weighted by molar-refractivity contribution is 6.55. The molecule has 1 aliphatic heterocycles. The molecule has 3 rings (SSSR count). The molecule has 1 aliphatic rings. The maximum atomic E-state index is 15.2. The number of hydrogen-bond donors (Lipinski definition) is 1. The van der Waals surface area contributed by atoms with E-state index in [1.807, 2.05) is 27.7 Å². The van der Waals surface area contributed by atoms with Crippen LogP contribution in [0.2, 0.25) is 0 Å². The van der Waals surface area contributed by atoms with Gasteiger partial charge in [0.05, 0.1) is 22.5 Å². The Morgan fingerprint density at radius 2 is 1.78 bits per heavy atom. The summed E-state index contributed by atoms with van der Waals surface area (Å²) < 4.78 is 26.8. The van der Waals surface area contributed by atoms with Crippen molar-refractivity contribution < 1.29 is 13.7 Å². The van der Waals surface area contributed by atoms with Crippen molar-refractivity contribution in [2.45, 2.75) is 38.9 Å². The van der Waals surface area contributed by atoms with Gasteiger partial charge in [0.15, 0.2) is 0 Å². The number of aromatic nitrogens is 3. The second-order valence-electron chi connectivity index (χ2n) is 6.46. The number of imidazole rings is 1. The van der Waals surface area contributed by atoms with Crippen molar-refractivity contribution in [3.05, 3.63) is 54.0 Å². The zero-order chi connectivity index (χ0) is 16.7. The zero-order valence-corrected chi connectivity index (χ0v) is 13.6. The maximum absolute atomic E-state index is 15.2. The van der Waals surface area contributed by atoms with Gasteiger partial charge in [0, 0.05) is 18.6 Å². The summed E-state index contributed by atoms with van der Waals surface area (Å²) in [5.41, 5.74) is -1.07. The molecular formula is C16H19BFN3O2. The van der Waals surface area contributed by atoms with Crippen molar-refractivity contribution in [2.75, 3.05) is 0 Å². The van der Waals surface area contributed by atoms with Crippen LogP contribution in [0.25, 0.3) is 5.57 Å². The zero-order valence-electron chi connectivity index (χ0n) is 13.6. The van der Waals surface area contributed by atoms with E-state index in [0.29, 0.717) is 11.5 Å². The van der Waals surface area contributed by atoms with E-state index >= 15 is 4.39 Å². The van der Waals surface area contributed by atoms with Gasteiger partial charge in [-0.2, -0.15) is 0 Å². The molecule has 2 aromatic heterocycles. The van der Waals surface area contributed by atoms with Crippen LogP contribution < -0.4 is 0 Å². The number of aromatic amines is 1. The molecular weight excluding hydrogens is 296 g/mol. The molecule has 0 amide bonds. The quantitative estimate of drug-likeness (QED) is 0.884. The number of nitrogens with zero attached hydrogens (tertiary/aromatic N) is 2. The van der Waals surface area contributed by atoms with E-state index in [1.165, 1.54) is 0 Å². The minimum absolute atomic E-state index is 0.245. The van der Waals surface area contributed by atoms with E-state index in [2.05, 4.69) is 15.0 Å². The van der Waals surface area contributed by atoms with Crippen LogP contribution in [0.4, 0.5) is 4.39 Å². The molecule has 120 valence electrons. The van der Waals surface area contributed by atoms with Gasteiger partial charge in [-0.05, 0) is 39.8 Å². The van der Waals surface area contributed by atoms with Crippen LogP contribution in [0.15, 0.2) is 42.5 Å². The summed E-state index contributed by atoms with van der Waals surface area (Å²) in [7, 11) is -1.10. The van der Waals surface area contributed by atoms with Crippen LogP contribution in [0.1, 0.15) is 39.2 Å². The summed E-state index contributed by atoms with van der Waals surface area (Å²) in [4.78, 5) is 11.3. The van der Waals surface area contributed by atoms with E-state index in [9.17, 15) is 0 Å². The Bertz CT molecular complexity index is 698. The van der Waals surface area contributed by atoms with Crippen molar-refractivity contribution in [3.63, 3.8) is 0 Å². The summed E-state index contributed by atoms with van der Waals surface area (Å²) in [5, 5.41) is 0. The fourth-order valence-electron chi connectivity index (χ4n) is 2.33. The van der Waals surface area contributed by atoms with Crippen LogP contribution >= 0.6 is 0 Å². The average Bonchev–Trinajstić information content (AvgIpc) is 3.07. The van der Waals surface area contributed by atoms with Gasteiger partial charge in [0.2, 0.25) is 0 Å². The van der Waals surface area contributed by atoms with Crippen molar-refractivity contribution in [1.29, 1.82) is 0 Å². The molecule has 5 nitrogen and oxygen atoms in total. The first-order valence-corrected chi connectivity index (χ1v) is 7.48. The topological polar surface area (TPSA) is 60.0 Å². The normalized spacial score (nSPS) is 20.5. The first-order valence-electron chi connectivity index (χ1n) is 7.48.